The van der Waals surface area contributed by atoms with Gasteiger partial charge in [0.05, 0.1) is 12.3 Å². The number of rotatable bonds is 6. The van der Waals surface area contributed by atoms with Gasteiger partial charge in [0.1, 0.15) is 11.3 Å². The zero-order chi connectivity index (χ0) is 16.3. The second-order valence-corrected chi connectivity index (χ2v) is 7.63. The van der Waals surface area contributed by atoms with Gasteiger partial charge in [0.15, 0.2) is 5.58 Å². The van der Waals surface area contributed by atoms with E-state index in [1.165, 1.54) is 18.2 Å². The highest BCUT2D eigenvalue weighted by Gasteiger charge is 2.19. The van der Waals surface area contributed by atoms with Gasteiger partial charge < -0.3 is 9.15 Å². The minimum Gasteiger partial charge on any atom is -0.439 e. The Morgan fingerprint density at radius 2 is 2.09 bits per heavy atom. The van der Waals surface area contributed by atoms with Crippen LogP contribution in [0.15, 0.2) is 22.6 Å². The van der Waals surface area contributed by atoms with Gasteiger partial charge in [-0.2, -0.15) is 0 Å². The van der Waals surface area contributed by atoms with Crippen LogP contribution >= 0.6 is 0 Å². The number of nitrogens with one attached hydrogen (secondary N) is 1. The summed E-state index contributed by atoms with van der Waals surface area (Å²) in [6.07, 6.45) is 2.44. The standard InChI is InChI=1S/C15H19FN2O4S/c16-12-1-2-14-13(9-12)18-15(22-14)10-17-23(19,20)8-5-11-3-6-21-7-4-11/h1-2,9,11,17H,3-8,10H2. The van der Waals surface area contributed by atoms with Gasteiger partial charge in [-0.1, -0.05) is 0 Å². The molecule has 23 heavy (non-hydrogen) atoms. The van der Waals surface area contributed by atoms with Crippen molar-refractivity contribution in [1.29, 1.82) is 0 Å². The summed E-state index contributed by atoms with van der Waals surface area (Å²) in [4.78, 5) is 4.08. The summed E-state index contributed by atoms with van der Waals surface area (Å²) in [6.45, 7) is 1.38. The summed E-state index contributed by atoms with van der Waals surface area (Å²) >= 11 is 0. The third-order valence-corrected chi connectivity index (χ3v) is 5.33. The van der Waals surface area contributed by atoms with E-state index in [2.05, 4.69) is 9.71 Å². The number of oxazole rings is 1. The Kier molecular flexibility index (Phi) is 4.93. The highest BCUT2D eigenvalue weighted by molar-refractivity contribution is 7.89. The molecule has 0 bridgehead atoms. The van der Waals surface area contributed by atoms with Crippen molar-refractivity contribution in [2.75, 3.05) is 19.0 Å². The number of aromatic nitrogens is 1. The van der Waals surface area contributed by atoms with Gasteiger partial charge in [0, 0.05) is 19.3 Å². The first kappa shape index (κ1) is 16.4. The summed E-state index contributed by atoms with van der Waals surface area (Å²) < 4.78 is 50.3. The van der Waals surface area contributed by atoms with Crippen molar-refractivity contribution < 1.29 is 22.0 Å². The van der Waals surface area contributed by atoms with Crippen LogP contribution in [0.25, 0.3) is 11.1 Å². The second-order valence-electron chi connectivity index (χ2n) is 5.70. The van der Waals surface area contributed by atoms with Crippen LogP contribution in [-0.4, -0.2) is 32.4 Å². The maximum Gasteiger partial charge on any atom is 0.212 e. The SMILES string of the molecule is O=S(=O)(CCC1CCOCC1)NCc1nc2cc(F)ccc2o1. The number of sulfonamides is 1. The van der Waals surface area contributed by atoms with Crippen molar-refractivity contribution in [1.82, 2.24) is 9.71 Å². The van der Waals surface area contributed by atoms with E-state index in [-0.39, 0.29) is 18.2 Å². The molecule has 0 amide bonds. The first-order chi connectivity index (χ1) is 11.0. The van der Waals surface area contributed by atoms with Crippen LogP contribution in [-0.2, 0) is 21.3 Å². The van der Waals surface area contributed by atoms with Crippen LogP contribution in [0.1, 0.15) is 25.2 Å². The smallest absolute Gasteiger partial charge is 0.212 e. The number of nitrogens with zero attached hydrogens (tertiary/aromatic N) is 1. The molecule has 6 nitrogen and oxygen atoms in total. The topological polar surface area (TPSA) is 81.4 Å². The lowest BCUT2D eigenvalue weighted by atomic mass is 9.98. The van der Waals surface area contributed by atoms with Crippen molar-refractivity contribution in [2.45, 2.75) is 25.8 Å². The van der Waals surface area contributed by atoms with E-state index in [1.807, 2.05) is 0 Å². The minimum atomic E-state index is -3.39. The molecule has 0 radical (unpaired) electrons. The van der Waals surface area contributed by atoms with Gasteiger partial charge in [0.2, 0.25) is 15.9 Å². The fraction of sp³-hybridized carbons (Fsp3) is 0.533. The molecule has 1 N–H and O–H groups in total. The zero-order valence-corrected chi connectivity index (χ0v) is 13.4. The average Bonchev–Trinajstić information content (AvgIpc) is 2.94. The molecule has 1 aliphatic rings. The lowest BCUT2D eigenvalue weighted by molar-refractivity contribution is 0.0655. The summed E-state index contributed by atoms with van der Waals surface area (Å²) in [5.74, 6) is 0.286. The van der Waals surface area contributed by atoms with Gasteiger partial charge in [0.25, 0.3) is 0 Å². The van der Waals surface area contributed by atoms with Gasteiger partial charge >= 0.3 is 0 Å². The Morgan fingerprint density at radius 1 is 1.30 bits per heavy atom. The molecule has 0 aliphatic carbocycles. The van der Waals surface area contributed by atoms with Crippen LogP contribution in [0, 0.1) is 11.7 Å². The largest absolute Gasteiger partial charge is 0.439 e. The number of hydrogen-bond donors (Lipinski definition) is 1. The monoisotopic (exact) mass is 342 g/mol. The number of fused-ring (bicyclic) bond motifs is 1. The molecule has 1 aliphatic heterocycles. The zero-order valence-electron chi connectivity index (χ0n) is 12.6. The predicted molar refractivity (Wildman–Crippen MR) is 82.8 cm³/mol. The van der Waals surface area contributed by atoms with Gasteiger partial charge in [-0.05, 0) is 37.3 Å². The number of hydrogen-bond acceptors (Lipinski definition) is 5. The fourth-order valence-corrected chi connectivity index (χ4v) is 3.76. The molecule has 0 spiro atoms. The Balaban J connectivity index is 1.54. The highest BCUT2D eigenvalue weighted by atomic mass is 32.2. The van der Waals surface area contributed by atoms with Crippen LogP contribution < -0.4 is 4.72 Å². The van der Waals surface area contributed by atoms with Crippen molar-refractivity contribution in [2.24, 2.45) is 5.92 Å². The molecule has 1 aromatic heterocycles. The maximum absolute atomic E-state index is 13.1. The molecule has 2 heterocycles. The van der Waals surface area contributed by atoms with E-state index in [4.69, 9.17) is 9.15 Å². The molecule has 0 atom stereocenters. The lowest BCUT2D eigenvalue weighted by Gasteiger charge is -2.21. The molecule has 1 aromatic carbocycles. The molecular weight excluding hydrogens is 323 g/mol. The highest BCUT2D eigenvalue weighted by Crippen LogP contribution is 2.19. The number of ether oxygens (including phenoxy) is 1. The molecule has 126 valence electrons. The first-order valence-corrected chi connectivity index (χ1v) is 9.27. The quantitative estimate of drug-likeness (QED) is 0.870. The third kappa shape index (κ3) is 4.49. The van der Waals surface area contributed by atoms with Crippen molar-refractivity contribution in [3.63, 3.8) is 0 Å². The van der Waals surface area contributed by atoms with Crippen LogP contribution in [0.3, 0.4) is 0 Å². The first-order valence-electron chi connectivity index (χ1n) is 7.62. The summed E-state index contributed by atoms with van der Waals surface area (Å²) in [5, 5.41) is 0. The number of halogens is 1. The van der Waals surface area contributed by atoms with E-state index >= 15 is 0 Å². The molecule has 2 aromatic rings. The molecular formula is C15H19FN2O4S. The summed E-state index contributed by atoms with van der Waals surface area (Å²) in [6, 6.07) is 4.00. The predicted octanol–water partition coefficient (Wildman–Crippen LogP) is 2.20. The van der Waals surface area contributed by atoms with Crippen LogP contribution in [0.2, 0.25) is 0 Å². The molecule has 0 unspecified atom stereocenters. The normalized spacial score (nSPS) is 16.9. The van der Waals surface area contributed by atoms with E-state index in [0.29, 0.717) is 36.7 Å². The van der Waals surface area contributed by atoms with Crippen molar-refractivity contribution in [3.05, 3.63) is 29.9 Å². The maximum atomic E-state index is 13.1. The molecule has 1 saturated heterocycles. The molecule has 0 saturated carbocycles. The van der Waals surface area contributed by atoms with Crippen LogP contribution in [0.4, 0.5) is 4.39 Å². The summed E-state index contributed by atoms with van der Waals surface area (Å²) in [5.41, 5.74) is 0.809. The van der Waals surface area contributed by atoms with Crippen molar-refractivity contribution >= 4 is 21.1 Å². The van der Waals surface area contributed by atoms with Gasteiger partial charge in [-0.3, -0.25) is 0 Å². The Hall–Kier alpha value is -1.51. The molecule has 3 rings (SSSR count). The fourth-order valence-electron chi connectivity index (χ4n) is 2.62. The van der Waals surface area contributed by atoms with E-state index < -0.39 is 15.8 Å². The van der Waals surface area contributed by atoms with Crippen LogP contribution in [0.5, 0.6) is 0 Å². The Labute approximate surface area is 134 Å². The minimum absolute atomic E-state index is 0.0353. The van der Waals surface area contributed by atoms with E-state index in [1.54, 1.807) is 0 Å². The van der Waals surface area contributed by atoms with Gasteiger partial charge in [-0.15, -0.1) is 0 Å². The Morgan fingerprint density at radius 3 is 2.87 bits per heavy atom. The summed E-state index contributed by atoms with van der Waals surface area (Å²) in [7, 11) is -3.39. The number of benzene rings is 1. The Bertz CT molecular complexity index is 769. The van der Waals surface area contributed by atoms with E-state index in [0.717, 1.165) is 12.8 Å². The molecule has 1 fully saturated rings. The van der Waals surface area contributed by atoms with Crippen molar-refractivity contribution in [3.8, 4) is 0 Å². The molecule has 8 heteroatoms. The van der Waals surface area contributed by atoms with Gasteiger partial charge in [-0.25, -0.2) is 22.5 Å². The third-order valence-electron chi connectivity index (χ3n) is 3.97. The second kappa shape index (κ2) is 6.94. The average molecular weight is 342 g/mol. The lowest BCUT2D eigenvalue weighted by Crippen LogP contribution is -2.28. The van der Waals surface area contributed by atoms with E-state index in [9.17, 15) is 12.8 Å².